The number of benzene rings is 4. The standard InChI is InChI=1S/C30H28N2O5/c1-2-3-19-35-25-17-13-24(14-18-25)30(34)37-26-15-11-22(12-16-26)20-31-32-29(33)21-36-28-10-6-8-23-7-4-5-9-27(23)28/h4-18,20H,2-3,19,21H2,1H3,(H,32,33). The summed E-state index contributed by atoms with van der Waals surface area (Å²) in [5.41, 5.74) is 3.61. The lowest BCUT2D eigenvalue weighted by atomic mass is 10.1. The number of ether oxygens (including phenoxy) is 3. The molecular weight excluding hydrogens is 468 g/mol. The van der Waals surface area contributed by atoms with Crippen molar-refractivity contribution in [3.63, 3.8) is 0 Å². The van der Waals surface area contributed by atoms with E-state index in [2.05, 4.69) is 17.5 Å². The molecule has 0 bridgehead atoms. The molecule has 37 heavy (non-hydrogen) atoms. The van der Waals surface area contributed by atoms with E-state index in [1.807, 2.05) is 42.5 Å². The number of fused-ring (bicyclic) bond motifs is 1. The minimum absolute atomic E-state index is 0.161. The van der Waals surface area contributed by atoms with Gasteiger partial charge in [0.1, 0.15) is 17.2 Å². The third-order valence-corrected chi connectivity index (χ3v) is 5.46. The molecule has 0 spiro atoms. The topological polar surface area (TPSA) is 86.2 Å². The summed E-state index contributed by atoms with van der Waals surface area (Å²) in [6.45, 7) is 2.59. The molecule has 188 valence electrons. The maximum atomic E-state index is 12.4. The van der Waals surface area contributed by atoms with Gasteiger partial charge in [-0.1, -0.05) is 49.7 Å². The van der Waals surface area contributed by atoms with E-state index in [1.54, 1.807) is 48.5 Å². The number of hydrogen-bond donors (Lipinski definition) is 1. The lowest BCUT2D eigenvalue weighted by Gasteiger charge is -2.08. The zero-order chi connectivity index (χ0) is 25.9. The molecule has 0 fully saturated rings. The highest BCUT2D eigenvalue weighted by Crippen LogP contribution is 2.25. The normalized spacial score (nSPS) is 10.8. The molecule has 0 unspecified atom stereocenters. The van der Waals surface area contributed by atoms with Crippen LogP contribution < -0.4 is 19.6 Å². The van der Waals surface area contributed by atoms with E-state index < -0.39 is 5.97 Å². The van der Waals surface area contributed by atoms with Crippen molar-refractivity contribution in [2.45, 2.75) is 19.8 Å². The quantitative estimate of drug-likeness (QED) is 0.0937. The van der Waals surface area contributed by atoms with E-state index in [9.17, 15) is 9.59 Å². The number of hydrazone groups is 1. The van der Waals surface area contributed by atoms with Crippen molar-refractivity contribution in [1.82, 2.24) is 5.43 Å². The predicted octanol–water partition coefficient (Wildman–Crippen LogP) is 5.77. The van der Waals surface area contributed by atoms with Crippen molar-refractivity contribution in [2.75, 3.05) is 13.2 Å². The van der Waals surface area contributed by atoms with Crippen LogP contribution in [-0.2, 0) is 4.79 Å². The fraction of sp³-hybridized carbons (Fsp3) is 0.167. The first-order valence-electron chi connectivity index (χ1n) is 12.1. The van der Waals surface area contributed by atoms with Gasteiger partial charge in [0.05, 0.1) is 18.4 Å². The van der Waals surface area contributed by atoms with Crippen LogP contribution in [0.25, 0.3) is 10.8 Å². The number of unbranched alkanes of at least 4 members (excludes halogenated alkanes) is 1. The van der Waals surface area contributed by atoms with Crippen LogP contribution in [0.15, 0.2) is 96.1 Å². The molecule has 4 rings (SSSR count). The molecule has 0 saturated heterocycles. The first kappa shape index (κ1) is 25.4. The van der Waals surface area contributed by atoms with Crippen LogP contribution in [0.2, 0.25) is 0 Å². The molecule has 0 aliphatic carbocycles. The van der Waals surface area contributed by atoms with Crippen LogP contribution in [0.4, 0.5) is 0 Å². The lowest BCUT2D eigenvalue weighted by molar-refractivity contribution is -0.123. The van der Waals surface area contributed by atoms with Gasteiger partial charge in [-0.3, -0.25) is 4.79 Å². The molecule has 1 N–H and O–H groups in total. The van der Waals surface area contributed by atoms with Gasteiger partial charge in [-0.15, -0.1) is 0 Å². The highest BCUT2D eigenvalue weighted by atomic mass is 16.5. The van der Waals surface area contributed by atoms with Crippen LogP contribution in [0.3, 0.4) is 0 Å². The van der Waals surface area contributed by atoms with Gasteiger partial charge >= 0.3 is 5.97 Å². The minimum atomic E-state index is -0.458. The van der Waals surface area contributed by atoms with E-state index in [0.29, 0.717) is 23.7 Å². The van der Waals surface area contributed by atoms with E-state index in [0.717, 1.165) is 34.9 Å². The third kappa shape index (κ3) is 7.41. The SMILES string of the molecule is CCCCOc1ccc(C(=O)Oc2ccc(C=NNC(=O)COc3cccc4ccccc34)cc2)cc1. The lowest BCUT2D eigenvalue weighted by Crippen LogP contribution is -2.24. The Morgan fingerprint density at radius 3 is 2.35 bits per heavy atom. The number of carbonyl (C=O) groups excluding carboxylic acids is 2. The molecule has 7 heteroatoms. The van der Waals surface area contributed by atoms with Crippen molar-refractivity contribution in [3.05, 3.63) is 102 Å². The van der Waals surface area contributed by atoms with Crippen molar-refractivity contribution in [3.8, 4) is 17.2 Å². The first-order valence-corrected chi connectivity index (χ1v) is 12.1. The molecule has 0 atom stereocenters. The molecule has 1 amide bonds. The minimum Gasteiger partial charge on any atom is -0.494 e. The first-order chi connectivity index (χ1) is 18.1. The van der Waals surface area contributed by atoms with Crippen molar-refractivity contribution >= 4 is 28.9 Å². The van der Waals surface area contributed by atoms with Gasteiger partial charge in [0.15, 0.2) is 6.61 Å². The molecule has 7 nitrogen and oxygen atoms in total. The van der Waals surface area contributed by atoms with Crippen LogP contribution in [0, 0.1) is 0 Å². The number of esters is 1. The monoisotopic (exact) mass is 496 g/mol. The number of amides is 1. The van der Waals surface area contributed by atoms with Gasteiger partial charge in [-0.05, 0) is 72.0 Å². The number of rotatable bonds is 11. The maximum absolute atomic E-state index is 12.4. The molecule has 4 aromatic rings. The summed E-state index contributed by atoms with van der Waals surface area (Å²) in [6, 6.07) is 27.2. The van der Waals surface area contributed by atoms with Gasteiger partial charge in [0, 0.05) is 5.39 Å². The fourth-order valence-corrected chi connectivity index (χ4v) is 3.49. The largest absolute Gasteiger partial charge is 0.494 e. The highest BCUT2D eigenvalue weighted by molar-refractivity contribution is 5.91. The third-order valence-electron chi connectivity index (χ3n) is 5.46. The second kappa shape index (κ2) is 12.9. The second-order valence-corrected chi connectivity index (χ2v) is 8.24. The Bertz CT molecular complexity index is 1360. The molecule has 0 radical (unpaired) electrons. The fourth-order valence-electron chi connectivity index (χ4n) is 3.49. The Labute approximate surface area is 215 Å². The second-order valence-electron chi connectivity index (χ2n) is 8.24. The van der Waals surface area contributed by atoms with Gasteiger partial charge in [-0.25, -0.2) is 10.2 Å². The Kier molecular flexibility index (Phi) is 8.86. The summed E-state index contributed by atoms with van der Waals surface area (Å²) >= 11 is 0. The predicted molar refractivity (Wildman–Crippen MR) is 143 cm³/mol. The molecule has 0 heterocycles. The number of nitrogens with zero attached hydrogens (tertiary/aromatic N) is 1. The van der Waals surface area contributed by atoms with Crippen molar-refractivity contribution < 1.29 is 23.8 Å². The average molecular weight is 497 g/mol. The molecular formula is C30H28N2O5. The van der Waals surface area contributed by atoms with Crippen molar-refractivity contribution in [2.24, 2.45) is 5.10 Å². The highest BCUT2D eigenvalue weighted by Gasteiger charge is 2.09. The summed E-state index contributed by atoms with van der Waals surface area (Å²) in [6.07, 6.45) is 3.54. The maximum Gasteiger partial charge on any atom is 0.343 e. The number of nitrogens with one attached hydrogen (secondary N) is 1. The van der Waals surface area contributed by atoms with E-state index >= 15 is 0 Å². The summed E-state index contributed by atoms with van der Waals surface area (Å²) in [5, 5.41) is 5.95. The Hall–Kier alpha value is -4.65. The van der Waals surface area contributed by atoms with E-state index in [1.165, 1.54) is 6.21 Å². The van der Waals surface area contributed by atoms with E-state index in [-0.39, 0.29) is 12.5 Å². The summed E-state index contributed by atoms with van der Waals surface area (Å²) in [7, 11) is 0. The van der Waals surface area contributed by atoms with Crippen LogP contribution in [0.1, 0.15) is 35.7 Å². The smallest absolute Gasteiger partial charge is 0.343 e. The Morgan fingerprint density at radius 2 is 1.57 bits per heavy atom. The zero-order valence-electron chi connectivity index (χ0n) is 20.6. The molecule has 4 aromatic carbocycles. The number of hydrogen-bond acceptors (Lipinski definition) is 6. The van der Waals surface area contributed by atoms with Crippen molar-refractivity contribution in [1.29, 1.82) is 0 Å². The van der Waals surface area contributed by atoms with Crippen LogP contribution in [-0.4, -0.2) is 31.3 Å². The van der Waals surface area contributed by atoms with Gasteiger partial charge in [0.2, 0.25) is 0 Å². The van der Waals surface area contributed by atoms with Gasteiger partial charge in [-0.2, -0.15) is 5.10 Å². The molecule has 0 saturated carbocycles. The molecule has 0 aromatic heterocycles. The Morgan fingerprint density at radius 1 is 0.838 bits per heavy atom. The van der Waals surface area contributed by atoms with Crippen LogP contribution >= 0.6 is 0 Å². The summed E-state index contributed by atoms with van der Waals surface area (Å²) in [5.74, 6) is 0.925. The van der Waals surface area contributed by atoms with E-state index in [4.69, 9.17) is 14.2 Å². The average Bonchev–Trinajstić information content (AvgIpc) is 2.93. The van der Waals surface area contributed by atoms with Gasteiger partial charge in [0.25, 0.3) is 5.91 Å². The molecule has 0 aliphatic heterocycles. The van der Waals surface area contributed by atoms with Gasteiger partial charge < -0.3 is 14.2 Å². The number of carbonyl (C=O) groups is 2. The van der Waals surface area contributed by atoms with Crippen LogP contribution in [0.5, 0.6) is 17.2 Å². The zero-order valence-corrected chi connectivity index (χ0v) is 20.6. The summed E-state index contributed by atoms with van der Waals surface area (Å²) < 4.78 is 16.7. The Balaban J connectivity index is 1.23. The molecule has 0 aliphatic rings. The summed E-state index contributed by atoms with van der Waals surface area (Å²) in [4.78, 5) is 24.5.